The molecule has 0 aromatic heterocycles. The predicted molar refractivity (Wildman–Crippen MR) is 63.1 cm³/mol. The second-order valence-corrected chi connectivity index (χ2v) is 4.89. The number of aliphatic imine (C=N–C) groups is 1. The van der Waals surface area contributed by atoms with Gasteiger partial charge in [0.15, 0.2) is 5.17 Å². The molecule has 1 N–H and O–H groups in total. The van der Waals surface area contributed by atoms with E-state index in [-0.39, 0.29) is 6.10 Å². The van der Waals surface area contributed by atoms with Crippen molar-refractivity contribution in [1.82, 2.24) is 5.32 Å². The standard InChI is InChI=1S/C10H20N2OS/c1-4-5-9-7-12-10(14-9)11-6-8(2)13-3/h8-9H,4-7H2,1-3H3,(H,11,12). The van der Waals surface area contributed by atoms with Gasteiger partial charge in [-0.1, -0.05) is 25.1 Å². The van der Waals surface area contributed by atoms with Gasteiger partial charge in [-0.15, -0.1) is 0 Å². The molecule has 82 valence electrons. The number of nitrogens with zero attached hydrogens (tertiary/aromatic N) is 1. The van der Waals surface area contributed by atoms with E-state index in [9.17, 15) is 0 Å². The van der Waals surface area contributed by atoms with Crippen LogP contribution in [0.15, 0.2) is 4.99 Å². The topological polar surface area (TPSA) is 33.6 Å². The quantitative estimate of drug-likeness (QED) is 0.762. The van der Waals surface area contributed by atoms with Crippen LogP contribution < -0.4 is 5.32 Å². The van der Waals surface area contributed by atoms with Crippen molar-refractivity contribution in [2.75, 3.05) is 20.2 Å². The van der Waals surface area contributed by atoms with E-state index < -0.39 is 0 Å². The summed E-state index contributed by atoms with van der Waals surface area (Å²) in [7, 11) is 1.73. The van der Waals surface area contributed by atoms with Gasteiger partial charge in [0.2, 0.25) is 0 Å². The second-order valence-electron chi connectivity index (χ2n) is 3.60. The lowest BCUT2D eigenvalue weighted by molar-refractivity contribution is 0.121. The van der Waals surface area contributed by atoms with Crippen LogP contribution in [-0.2, 0) is 4.74 Å². The lowest BCUT2D eigenvalue weighted by Gasteiger charge is -2.11. The summed E-state index contributed by atoms with van der Waals surface area (Å²) in [5, 5.41) is 5.09. The summed E-state index contributed by atoms with van der Waals surface area (Å²) in [6.07, 6.45) is 2.76. The van der Waals surface area contributed by atoms with Crippen molar-refractivity contribution < 1.29 is 4.74 Å². The molecule has 0 saturated carbocycles. The van der Waals surface area contributed by atoms with Gasteiger partial charge in [-0.2, -0.15) is 0 Å². The highest BCUT2D eigenvalue weighted by Gasteiger charge is 2.18. The summed E-state index contributed by atoms with van der Waals surface area (Å²) >= 11 is 1.87. The highest BCUT2D eigenvalue weighted by Crippen LogP contribution is 2.23. The maximum atomic E-state index is 5.16. The Hall–Kier alpha value is -0.220. The number of methoxy groups -OCH3 is 1. The molecule has 1 heterocycles. The molecular weight excluding hydrogens is 196 g/mol. The predicted octanol–water partition coefficient (Wildman–Crippen LogP) is 1.88. The van der Waals surface area contributed by atoms with E-state index in [1.807, 2.05) is 11.8 Å². The van der Waals surface area contributed by atoms with Crippen molar-refractivity contribution in [3.05, 3.63) is 0 Å². The molecule has 0 fully saturated rings. The number of nitrogens with one attached hydrogen (secondary N) is 1. The first kappa shape index (κ1) is 11.9. The molecule has 0 saturated heterocycles. The fraction of sp³-hybridized carbons (Fsp3) is 0.900. The minimum absolute atomic E-state index is 0.253. The highest BCUT2D eigenvalue weighted by molar-refractivity contribution is 8.14. The van der Waals surface area contributed by atoms with Crippen molar-refractivity contribution in [2.45, 2.75) is 38.0 Å². The normalized spacial score (nSPS) is 23.4. The lowest BCUT2D eigenvalue weighted by Crippen LogP contribution is -2.29. The summed E-state index contributed by atoms with van der Waals surface area (Å²) in [4.78, 5) is 4.45. The van der Waals surface area contributed by atoms with Crippen molar-refractivity contribution in [2.24, 2.45) is 4.99 Å². The smallest absolute Gasteiger partial charge is 0.157 e. The summed E-state index contributed by atoms with van der Waals surface area (Å²) in [6.45, 7) is 6.10. The molecular formula is C10H20N2OS. The Labute approximate surface area is 90.7 Å². The summed E-state index contributed by atoms with van der Waals surface area (Å²) in [5.41, 5.74) is 0. The van der Waals surface area contributed by atoms with Crippen LogP contribution in [0, 0.1) is 0 Å². The van der Waals surface area contributed by atoms with Crippen molar-refractivity contribution >= 4 is 16.9 Å². The summed E-state index contributed by atoms with van der Waals surface area (Å²) in [5.74, 6) is 0. The third kappa shape index (κ3) is 3.88. The number of thioether (sulfide) groups is 1. The molecule has 1 aliphatic heterocycles. The monoisotopic (exact) mass is 216 g/mol. The fourth-order valence-electron chi connectivity index (χ4n) is 1.30. The van der Waals surface area contributed by atoms with Crippen LogP contribution in [0.25, 0.3) is 0 Å². The second kappa shape index (κ2) is 6.30. The number of hydrogen-bond acceptors (Lipinski definition) is 4. The first-order valence-electron chi connectivity index (χ1n) is 5.24. The Morgan fingerprint density at radius 1 is 1.71 bits per heavy atom. The van der Waals surface area contributed by atoms with Crippen molar-refractivity contribution in [3.8, 4) is 0 Å². The maximum Gasteiger partial charge on any atom is 0.157 e. The zero-order valence-corrected chi connectivity index (χ0v) is 10.1. The van der Waals surface area contributed by atoms with Gasteiger partial charge in [-0.05, 0) is 13.3 Å². The van der Waals surface area contributed by atoms with Gasteiger partial charge in [0, 0.05) is 18.9 Å². The van der Waals surface area contributed by atoms with Crippen LogP contribution in [0.3, 0.4) is 0 Å². The van der Waals surface area contributed by atoms with Gasteiger partial charge in [-0.25, -0.2) is 0 Å². The highest BCUT2D eigenvalue weighted by atomic mass is 32.2. The molecule has 0 bridgehead atoms. The van der Waals surface area contributed by atoms with E-state index in [1.165, 1.54) is 12.8 Å². The first-order valence-corrected chi connectivity index (χ1v) is 6.12. The minimum atomic E-state index is 0.253. The Kier molecular flexibility index (Phi) is 5.33. The molecule has 2 unspecified atom stereocenters. The van der Waals surface area contributed by atoms with Gasteiger partial charge in [0.1, 0.15) is 0 Å². The number of rotatable bonds is 5. The van der Waals surface area contributed by atoms with E-state index >= 15 is 0 Å². The molecule has 0 spiro atoms. The fourth-order valence-corrected chi connectivity index (χ4v) is 2.44. The first-order chi connectivity index (χ1) is 6.76. The van der Waals surface area contributed by atoms with Crippen molar-refractivity contribution in [1.29, 1.82) is 0 Å². The molecule has 14 heavy (non-hydrogen) atoms. The van der Waals surface area contributed by atoms with E-state index in [2.05, 4.69) is 24.2 Å². The molecule has 3 nitrogen and oxygen atoms in total. The van der Waals surface area contributed by atoms with E-state index in [1.54, 1.807) is 7.11 Å². The van der Waals surface area contributed by atoms with Gasteiger partial charge in [0.05, 0.1) is 12.6 Å². The van der Waals surface area contributed by atoms with Gasteiger partial charge in [0.25, 0.3) is 0 Å². The number of amidine groups is 1. The van der Waals surface area contributed by atoms with E-state index in [4.69, 9.17) is 4.74 Å². The third-order valence-corrected chi connectivity index (χ3v) is 3.49. The van der Waals surface area contributed by atoms with Gasteiger partial charge < -0.3 is 10.1 Å². The van der Waals surface area contributed by atoms with Crippen LogP contribution in [0.2, 0.25) is 0 Å². The number of ether oxygens (including phenoxy) is 1. The zero-order valence-electron chi connectivity index (χ0n) is 9.25. The maximum absolute atomic E-state index is 5.16. The molecule has 0 amide bonds. The van der Waals surface area contributed by atoms with Crippen LogP contribution in [0.4, 0.5) is 0 Å². The number of hydrogen-bond donors (Lipinski definition) is 1. The molecule has 0 aromatic carbocycles. The Morgan fingerprint density at radius 2 is 2.50 bits per heavy atom. The molecule has 0 aliphatic carbocycles. The van der Waals surface area contributed by atoms with Crippen LogP contribution in [0.5, 0.6) is 0 Å². The average Bonchev–Trinajstić information content (AvgIpc) is 2.63. The van der Waals surface area contributed by atoms with Crippen LogP contribution in [-0.4, -0.2) is 36.7 Å². The molecule has 2 atom stereocenters. The van der Waals surface area contributed by atoms with Crippen LogP contribution >= 0.6 is 11.8 Å². The van der Waals surface area contributed by atoms with Crippen molar-refractivity contribution in [3.63, 3.8) is 0 Å². The molecule has 0 aromatic rings. The minimum Gasteiger partial charge on any atom is -0.380 e. The average molecular weight is 216 g/mol. The molecule has 1 rings (SSSR count). The molecule has 4 heteroatoms. The largest absolute Gasteiger partial charge is 0.380 e. The van der Waals surface area contributed by atoms with Gasteiger partial charge >= 0.3 is 0 Å². The van der Waals surface area contributed by atoms with Crippen LogP contribution in [0.1, 0.15) is 26.7 Å². The van der Waals surface area contributed by atoms with E-state index in [0.29, 0.717) is 5.25 Å². The molecule has 0 radical (unpaired) electrons. The molecule has 1 aliphatic rings. The SMILES string of the molecule is CCCC1CN=C(NCC(C)OC)S1. The Bertz CT molecular complexity index is 197. The van der Waals surface area contributed by atoms with Gasteiger partial charge in [-0.3, -0.25) is 4.99 Å². The van der Waals surface area contributed by atoms with E-state index in [0.717, 1.165) is 18.3 Å². The Balaban J connectivity index is 2.15. The zero-order chi connectivity index (χ0) is 10.4. The third-order valence-electron chi connectivity index (χ3n) is 2.27. The summed E-state index contributed by atoms with van der Waals surface area (Å²) in [6, 6.07) is 0. The Morgan fingerprint density at radius 3 is 3.14 bits per heavy atom. The lowest BCUT2D eigenvalue weighted by atomic mass is 10.2. The summed E-state index contributed by atoms with van der Waals surface area (Å²) < 4.78 is 5.16.